The molecule has 2 rings (SSSR count). The fraction of sp³-hybridized carbons (Fsp3) is 0.375. The zero-order valence-corrected chi connectivity index (χ0v) is 11.3. The third kappa shape index (κ3) is 3.02. The Labute approximate surface area is 109 Å². The van der Waals surface area contributed by atoms with Gasteiger partial charge in [0.15, 0.2) is 0 Å². The van der Waals surface area contributed by atoms with Gasteiger partial charge in [0.25, 0.3) is 0 Å². The first-order valence-corrected chi connectivity index (χ1v) is 6.56. The van der Waals surface area contributed by atoms with Crippen LogP contribution in [0, 0.1) is 6.92 Å². The molecule has 1 aromatic heterocycles. The van der Waals surface area contributed by atoms with Crippen LogP contribution >= 0.6 is 0 Å². The number of nitrogens with one attached hydrogen (secondary N) is 1. The summed E-state index contributed by atoms with van der Waals surface area (Å²) in [6.07, 6.45) is 2.75. The number of benzene rings is 1. The maximum absolute atomic E-state index is 5.48. The Kier molecular flexibility index (Phi) is 4.21. The van der Waals surface area contributed by atoms with Crippen LogP contribution in [-0.4, -0.2) is 0 Å². The lowest BCUT2D eigenvalue weighted by Crippen LogP contribution is -2.23. The molecule has 1 N–H and O–H groups in total. The van der Waals surface area contributed by atoms with Gasteiger partial charge in [0.2, 0.25) is 0 Å². The third-order valence-corrected chi connectivity index (χ3v) is 3.32. The quantitative estimate of drug-likeness (QED) is 0.842. The predicted octanol–water partition coefficient (Wildman–Crippen LogP) is 4.39. The van der Waals surface area contributed by atoms with E-state index in [-0.39, 0.29) is 6.04 Å². The summed E-state index contributed by atoms with van der Waals surface area (Å²) in [5, 5.41) is 3.61. The monoisotopic (exact) mass is 243 g/mol. The van der Waals surface area contributed by atoms with E-state index in [2.05, 4.69) is 50.4 Å². The van der Waals surface area contributed by atoms with E-state index < -0.39 is 0 Å². The van der Waals surface area contributed by atoms with Gasteiger partial charge in [-0.05, 0) is 38.0 Å². The summed E-state index contributed by atoms with van der Waals surface area (Å²) in [6.45, 7) is 6.47. The Hall–Kier alpha value is -1.54. The molecular formula is C16H21NO. The van der Waals surface area contributed by atoms with Crippen LogP contribution < -0.4 is 5.32 Å². The molecule has 0 spiro atoms. The maximum Gasteiger partial charge on any atom is 0.120 e. The van der Waals surface area contributed by atoms with Crippen LogP contribution in [0.3, 0.4) is 0 Å². The van der Waals surface area contributed by atoms with Crippen molar-refractivity contribution in [3.8, 4) is 0 Å². The number of furan rings is 1. The van der Waals surface area contributed by atoms with E-state index in [9.17, 15) is 0 Å². The van der Waals surface area contributed by atoms with Gasteiger partial charge in [-0.1, -0.05) is 36.8 Å². The molecule has 0 aliphatic heterocycles. The number of aryl methyl sites for hydroxylation is 1. The van der Waals surface area contributed by atoms with Crippen molar-refractivity contribution in [1.82, 2.24) is 5.32 Å². The first-order valence-electron chi connectivity index (χ1n) is 6.56. The molecule has 2 nitrogen and oxygen atoms in total. The minimum Gasteiger partial charge on any atom is -0.468 e. The van der Waals surface area contributed by atoms with Gasteiger partial charge in [0.05, 0.1) is 12.3 Å². The first kappa shape index (κ1) is 12.9. The fourth-order valence-corrected chi connectivity index (χ4v) is 2.14. The van der Waals surface area contributed by atoms with Crippen molar-refractivity contribution in [1.29, 1.82) is 0 Å². The molecule has 2 atom stereocenters. The Morgan fingerprint density at radius 1 is 1.17 bits per heavy atom. The maximum atomic E-state index is 5.48. The van der Waals surface area contributed by atoms with Crippen molar-refractivity contribution >= 4 is 0 Å². The van der Waals surface area contributed by atoms with Crippen LogP contribution in [0.4, 0.5) is 0 Å². The highest BCUT2D eigenvalue weighted by Gasteiger charge is 2.15. The summed E-state index contributed by atoms with van der Waals surface area (Å²) in [5.41, 5.74) is 2.61. The van der Waals surface area contributed by atoms with Crippen molar-refractivity contribution in [2.45, 2.75) is 39.3 Å². The largest absolute Gasteiger partial charge is 0.468 e. The lowest BCUT2D eigenvalue weighted by atomic mass is 10.0. The number of hydrogen-bond donors (Lipinski definition) is 1. The minimum absolute atomic E-state index is 0.274. The van der Waals surface area contributed by atoms with Crippen molar-refractivity contribution in [2.75, 3.05) is 0 Å². The van der Waals surface area contributed by atoms with Crippen molar-refractivity contribution in [3.63, 3.8) is 0 Å². The molecule has 1 heterocycles. The predicted molar refractivity (Wildman–Crippen MR) is 74.5 cm³/mol. The Morgan fingerprint density at radius 3 is 2.44 bits per heavy atom. The lowest BCUT2D eigenvalue weighted by Gasteiger charge is -2.21. The van der Waals surface area contributed by atoms with Crippen molar-refractivity contribution in [3.05, 3.63) is 59.5 Å². The van der Waals surface area contributed by atoms with Crippen LogP contribution in [0.25, 0.3) is 0 Å². The van der Waals surface area contributed by atoms with Crippen LogP contribution in [0.15, 0.2) is 47.1 Å². The highest BCUT2D eigenvalue weighted by atomic mass is 16.3. The molecule has 2 unspecified atom stereocenters. The summed E-state index contributed by atoms with van der Waals surface area (Å²) >= 11 is 0. The van der Waals surface area contributed by atoms with E-state index in [4.69, 9.17) is 4.42 Å². The molecule has 0 saturated heterocycles. The standard InChI is InChI=1S/C16H21NO/c1-4-15(16-6-5-11-18-16)17-13(3)14-9-7-12(2)8-10-14/h5-11,13,15,17H,4H2,1-3H3. The molecule has 2 heteroatoms. The van der Waals surface area contributed by atoms with E-state index in [1.807, 2.05) is 12.1 Å². The summed E-state index contributed by atoms with van der Waals surface area (Å²) in [7, 11) is 0. The molecule has 18 heavy (non-hydrogen) atoms. The van der Waals surface area contributed by atoms with Gasteiger partial charge in [-0.2, -0.15) is 0 Å². The Morgan fingerprint density at radius 2 is 1.89 bits per heavy atom. The van der Waals surface area contributed by atoms with E-state index >= 15 is 0 Å². The topological polar surface area (TPSA) is 25.2 Å². The minimum atomic E-state index is 0.274. The average Bonchev–Trinajstić information content (AvgIpc) is 2.90. The molecular weight excluding hydrogens is 222 g/mol. The molecule has 0 aliphatic rings. The number of rotatable bonds is 5. The first-order chi connectivity index (χ1) is 8.70. The van der Waals surface area contributed by atoms with E-state index in [0.717, 1.165) is 12.2 Å². The second-order valence-corrected chi connectivity index (χ2v) is 4.78. The van der Waals surface area contributed by atoms with E-state index in [1.165, 1.54) is 11.1 Å². The zero-order valence-electron chi connectivity index (χ0n) is 11.3. The smallest absolute Gasteiger partial charge is 0.120 e. The summed E-state index contributed by atoms with van der Waals surface area (Å²) in [5.74, 6) is 1.01. The highest BCUT2D eigenvalue weighted by Crippen LogP contribution is 2.22. The Bertz CT molecular complexity index is 458. The van der Waals surface area contributed by atoms with Gasteiger partial charge in [-0.15, -0.1) is 0 Å². The van der Waals surface area contributed by atoms with Gasteiger partial charge in [-0.25, -0.2) is 0 Å². The van der Waals surface area contributed by atoms with Gasteiger partial charge in [0, 0.05) is 6.04 Å². The summed E-state index contributed by atoms with van der Waals surface area (Å²) in [6, 6.07) is 13.2. The van der Waals surface area contributed by atoms with E-state index in [1.54, 1.807) is 6.26 Å². The zero-order chi connectivity index (χ0) is 13.0. The van der Waals surface area contributed by atoms with Gasteiger partial charge < -0.3 is 9.73 Å². The highest BCUT2D eigenvalue weighted by molar-refractivity contribution is 5.24. The molecule has 2 aromatic rings. The normalized spacial score (nSPS) is 14.4. The third-order valence-electron chi connectivity index (χ3n) is 3.32. The molecule has 1 aromatic carbocycles. The molecule has 0 amide bonds. The van der Waals surface area contributed by atoms with Crippen LogP contribution in [0.5, 0.6) is 0 Å². The molecule has 0 bridgehead atoms. The summed E-state index contributed by atoms with van der Waals surface area (Å²) in [4.78, 5) is 0. The van der Waals surface area contributed by atoms with Crippen LogP contribution in [0.1, 0.15) is 49.2 Å². The Balaban J connectivity index is 2.05. The van der Waals surface area contributed by atoms with Gasteiger partial charge >= 0.3 is 0 Å². The molecule has 0 fully saturated rings. The second kappa shape index (κ2) is 5.87. The fourth-order valence-electron chi connectivity index (χ4n) is 2.14. The second-order valence-electron chi connectivity index (χ2n) is 4.78. The molecule has 0 radical (unpaired) electrons. The number of hydrogen-bond acceptors (Lipinski definition) is 2. The van der Waals surface area contributed by atoms with E-state index in [0.29, 0.717) is 6.04 Å². The SMILES string of the molecule is CCC(NC(C)c1ccc(C)cc1)c1ccco1. The van der Waals surface area contributed by atoms with Gasteiger partial charge in [-0.3, -0.25) is 0 Å². The lowest BCUT2D eigenvalue weighted by molar-refractivity contribution is 0.376. The molecule has 0 saturated carbocycles. The van der Waals surface area contributed by atoms with Gasteiger partial charge in [0.1, 0.15) is 5.76 Å². The average molecular weight is 243 g/mol. The summed E-state index contributed by atoms with van der Waals surface area (Å²) < 4.78 is 5.48. The molecule has 0 aliphatic carbocycles. The molecule has 96 valence electrons. The van der Waals surface area contributed by atoms with Crippen molar-refractivity contribution in [2.24, 2.45) is 0 Å². The van der Waals surface area contributed by atoms with Crippen LogP contribution in [0.2, 0.25) is 0 Å². The van der Waals surface area contributed by atoms with Crippen LogP contribution in [-0.2, 0) is 0 Å². The van der Waals surface area contributed by atoms with Crippen molar-refractivity contribution < 1.29 is 4.42 Å².